The van der Waals surface area contributed by atoms with Crippen LogP contribution in [-0.2, 0) is 0 Å². The predicted octanol–water partition coefficient (Wildman–Crippen LogP) is 2.61. The summed E-state index contributed by atoms with van der Waals surface area (Å²) < 4.78 is 39.7. The lowest BCUT2D eigenvalue weighted by Crippen LogP contribution is -2.36. The Morgan fingerprint density at radius 2 is 1.50 bits per heavy atom. The first-order chi connectivity index (χ1) is 6.25. The first-order valence-electron chi connectivity index (χ1n) is 4.21. The second-order valence-electron chi connectivity index (χ2n) is 4.14. The average Bonchev–Trinajstić information content (AvgIpc) is 2.06. The molecule has 0 N–H and O–H groups in total. The van der Waals surface area contributed by atoms with Gasteiger partial charge in [0.25, 0.3) is 0 Å². The molecule has 0 heterocycles. The Bertz CT molecular complexity index is 367. The van der Waals surface area contributed by atoms with Gasteiger partial charge in [-0.1, -0.05) is 0 Å². The van der Waals surface area contributed by atoms with Gasteiger partial charge in [-0.05, 0) is 6.92 Å². The molecule has 0 aromatic heterocycles. The lowest BCUT2D eigenvalue weighted by Gasteiger charge is -2.24. The Kier molecular flexibility index (Phi) is 2.58. The number of nitrogens with zero attached hydrogens (tertiary/aromatic N) is 1. The van der Waals surface area contributed by atoms with Crippen LogP contribution in [0, 0.1) is 24.4 Å². The van der Waals surface area contributed by atoms with E-state index in [4.69, 9.17) is 0 Å². The van der Waals surface area contributed by atoms with Crippen LogP contribution in [0.5, 0.6) is 0 Å². The van der Waals surface area contributed by atoms with Gasteiger partial charge in [-0.25, -0.2) is 8.78 Å². The molecule has 78 valence electrons. The summed E-state index contributed by atoms with van der Waals surface area (Å²) in [4.78, 5) is 0. The summed E-state index contributed by atoms with van der Waals surface area (Å²) in [6.45, 7) is 1.22. The van der Waals surface area contributed by atoms with Crippen LogP contribution in [0.25, 0.3) is 0 Å². The fourth-order valence-electron chi connectivity index (χ4n) is 1.16. The highest BCUT2D eigenvalue weighted by Gasteiger charge is 2.25. The van der Waals surface area contributed by atoms with Crippen molar-refractivity contribution in [2.75, 3.05) is 21.1 Å². The molecule has 0 fully saturated rings. The fraction of sp³-hybridized carbons (Fsp3) is 0.400. The molecular formula is C10H13F3N+. The summed E-state index contributed by atoms with van der Waals surface area (Å²) in [6.07, 6.45) is 0. The zero-order chi connectivity index (χ0) is 11.1. The molecule has 1 nitrogen and oxygen atoms in total. The molecule has 0 atom stereocenters. The van der Waals surface area contributed by atoms with E-state index in [1.807, 2.05) is 0 Å². The molecule has 0 spiro atoms. The van der Waals surface area contributed by atoms with E-state index in [-0.39, 0.29) is 15.7 Å². The molecule has 1 aromatic rings. The second-order valence-corrected chi connectivity index (χ2v) is 4.14. The third-order valence-electron chi connectivity index (χ3n) is 2.09. The van der Waals surface area contributed by atoms with Gasteiger partial charge in [0.05, 0.1) is 21.1 Å². The summed E-state index contributed by atoms with van der Waals surface area (Å²) >= 11 is 0. The molecule has 1 aromatic carbocycles. The van der Waals surface area contributed by atoms with E-state index < -0.39 is 17.5 Å². The maximum Gasteiger partial charge on any atom is 0.219 e. The van der Waals surface area contributed by atoms with Gasteiger partial charge in [0.1, 0.15) is 5.82 Å². The van der Waals surface area contributed by atoms with Crippen molar-refractivity contribution in [2.45, 2.75) is 6.92 Å². The standard InChI is InChI=1S/C10H13F3N/c1-6-7(11)5-8(14(2,3)4)10(13)9(6)12/h5H,1-4H3/q+1. The van der Waals surface area contributed by atoms with E-state index >= 15 is 0 Å². The van der Waals surface area contributed by atoms with Crippen LogP contribution in [0.3, 0.4) is 0 Å². The first-order valence-corrected chi connectivity index (χ1v) is 4.21. The van der Waals surface area contributed by atoms with Gasteiger partial charge in [-0.3, -0.25) is 4.48 Å². The highest BCUT2D eigenvalue weighted by atomic mass is 19.2. The molecule has 0 amide bonds. The molecule has 0 aliphatic rings. The molecule has 0 radical (unpaired) electrons. The van der Waals surface area contributed by atoms with Crippen molar-refractivity contribution in [3.63, 3.8) is 0 Å². The number of rotatable bonds is 1. The smallest absolute Gasteiger partial charge is 0.219 e. The number of halogens is 3. The molecule has 0 saturated heterocycles. The SMILES string of the molecule is Cc1c(F)cc([N+](C)(C)C)c(F)c1F. The van der Waals surface area contributed by atoms with E-state index in [2.05, 4.69) is 0 Å². The molecule has 14 heavy (non-hydrogen) atoms. The zero-order valence-electron chi connectivity index (χ0n) is 8.66. The third-order valence-corrected chi connectivity index (χ3v) is 2.09. The van der Waals surface area contributed by atoms with Crippen LogP contribution in [-0.4, -0.2) is 21.1 Å². The second kappa shape index (κ2) is 3.28. The highest BCUT2D eigenvalue weighted by molar-refractivity contribution is 5.45. The number of hydrogen-bond donors (Lipinski definition) is 0. The Labute approximate surface area is 81.4 Å². The molecule has 0 unspecified atom stereocenters. The van der Waals surface area contributed by atoms with Crippen LogP contribution in [0.4, 0.5) is 18.9 Å². The van der Waals surface area contributed by atoms with Crippen LogP contribution in [0.15, 0.2) is 6.07 Å². The minimum atomic E-state index is -1.10. The van der Waals surface area contributed by atoms with Crippen LogP contribution in [0.2, 0.25) is 0 Å². The van der Waals surface area contributed by atoms with Gasteiger partial charge < -0.3 is 0 Å². The molecule has 0 aliphatic heterocycles. The van der Waals surface area contributed by atoms with Crippen molar-refractivity contribution in [2.24, 2.45) is 0 Å². The quantitative estimate of drug-likeness (QED) is 0.487. The molecule has 0 aliphatic carbocycles. The third kappa shape index (κ3) is 1.75. The first kappa shape index (κ1) is 11.0. The minimum Gasteiger partial charge on any atom is -0.296 e. The van der Waals surface area contributed by atoms with E-state index in [0.717, 1.165) is 6.07 Å². The largest absolute Gasteiger partial charge is 0.296 e. The van der Waals surface area contributed by atoms with E-state index in [9.17, 15) is 13.2 Å². The zero-order valence-corrected chi connectivity index (χ0v) is 8.66. The van der Waals surface area contributed by atoms with Crippen molar-refractivity contribution in [1.29, 1.82) is 0 Å². The molecule has 1 rings (SSSR count). The minimum absolute atomic E-state index is 0.00519. The van der Waals surface area contributed by atoms with Crippen molar-refractivity contribution in [1.82, 2.24) is 4.48 Å². The Balaban J connectivity index is 3.49. The highest BCUT2D eigenvalue weighted by Crippen LogP contribution is 2.27. The Morgan fingerprint density at radius 3 is 1.93 bits per heavy atom. The summed E-state index contributed by atoms with van der Waals surface area (Å²) in [6, 6.07) is 1.04. The topological polar surface area (TPSA) is 0 Å². The lowest BCUT2D eigenvalue weighted by atomic mass is 10.1. The van der Waals surface area contributed by atoms with Gasteiger partial charge in [0.2, 0.25) is 5.82 Å². The molecular weight excluding hydrogens is 191 g/mol. The molecule has 0 bridgehead atoms. The maximum atomic E-state index is 13.4. The van der Waals surface area contributed by atoms with Crippen LogP contribution < -0.4 is 4.48 Å². The van der Waals surface area contributed by atoms with Crippen molar-refractivity contribution in [3.05, 3.63) is 29.1 Å². The summed E-state index contributed by atoms with van der Waals surface area (Å²) in [5.74, 6) is -2.79. The molecule has 0 saturated carbocycles. The van der Waals surface area contributed by atoms with Gasteiger partial charge in [-0.2, -0.15) is 4.39 Å². The Hall–Kier alpha value is -1.03. The number of benzene rings is 1. The normalized spacial score (nSPS) is 11.9. The van der Waals surface area contributed by atoms with Crippen LogP contribution in [0.1, 0.15) is 5.56 Å². The van der Waals surface area contributed by atoms with Crippen molar-refractivity contribution in [3.8, 4) is 0 Å². The van der Waals surface area contributed by atoms with E-state index in [1.165, 1.54) is 6.92 Å². The van der Waals surface area contributed by atoms with E-state index in [1.54, 1.807) is 21.1 Å². The van der Waals surface area contributed by atoms with Gasteiger partial charge in [0.15, 0.2) is 11.5 Å². The average molecular weight is 204 g/mol. The lowest BCUT2D eigenvalue weighted by molar-refractivity contribution is 0.422. The van der Waals surface area contributed by atoms with E-state index in [0.29, 0.717) is 0 Å². The number of hydrogen-bond acceptors (Lipinski definition) is 0. The summed E-state index contributed by atoms with van der Waals surface area (Å²) in [7, 11) is 4.94. The maximum absolute atomic E-state index is 13.4. The van der Waals surface area contributed by atoms with Crippen molar-refractivity contribution < 1.29 is 13.2 Å². The van der Waals surface area contributed by atoms with Crippen LogP contribution >= 0.6 is 0 Å². The summed E-state index contributed by atoms with van der Waals surface area (Å²) in [5.41, 5.74) is -0.273. The summed E-state index contributed by atoms with van der Waals surface area (Å²) in [5, 5.41) is 0. The van der Waals surface area contributed by atoms with Gasteiger partial charge in [0, 0.05) is 11.6 Å². The Morgan fingerprint density at radius 1 is 1.00 bits per heavy atom. The number of quaternary nitrogens is 1. The predicted molar refractivity (Wildman–Crippen MR) is 50.6 cm³/mol. The fourth-order valence-corrected chi connectivity index (χ4v) is 1.16. The monoisotopic (exact) mass is 204 g/mol. The van der Waals surface area contributed by atoms with Gasteiger partial charge in [-0.15, -0.1) is 0 Å². The van der Waals surface area contributed by atoms with Crippen molar-refractivity contribution >= 4 is 5.69 Å². The molecule has 4 heteroatoms. The van der Waals surface area contributed by atoms with Gasteiger partial charge >= 0.3 is 0 Å².